The molecule has 38 heavy (non-hydrogen) atoms. The van der Waals surface area contributed by atoms with Gasteiger partial charge in [0.15, 0.2) is 6.61 Å². The Hall–Kier alpha value is -4.60. The predicted molar refractivity (Wildman–Crippen MR) is 141 cm³/mol. The topological polar surface area (TPSA) is 121 Å². The van der Waals surface area contributed by atoms with Crippen molar-refractivity contribution in [3.8, 4) is 11.5 Å². The van der Waals surface area contributed by atoms with Gasteiger partial charge in [0.1, 0.15) is 35.4 Å². The van der Waals surface area contributed by atoms with E-state index in [1.54, 1.807) is 18.5 Å². The Balaban J connectivity index is 1.32. The van der Waals surface area contributed by atoms with Crippen molar-refractivity contribution in [1.29, 1.82) is 0 Å². The summed E-state index contributed by atoms with van der Waals surface area (Å²) in [6, 6.07) is 14.5. The number of rotatable bonds is 1. The number of aromatic nitrogens is 3. The molecular weight excluding hydrogens is 484 g/mol. The number of nitrogens with one attached hydrogen (secondary N) is 3. The van der Waals surface area contributed by atoms with E-state index in [4.69, 9.17) is 9.47 Å². The molecule has 1 saturated heterocycles. The van der Waals surface area contributed by atoms with Gasteiger partial charge in [0.2, 0.25) is 0 Å². The fraction of sp³-hybridized carbons (Fsp3) is 0.286. The third kappa shape index (κ3) is 4.84. The second-order valence-electron chi connectivity index (χ2n) is 9.60. The van der Waals surface area contributed by atoms with Crippen LogP contribution in [-0.2, 0) is 11.3 Å². The van der Waals surface area contributed by atoms with Gasteiger partial charge in [-0.2, -0.15) is 0 Å². The lowest BCUT2D eigenvalue weighted by atomic mass is 10.0. The molecule has 4 aromatic rings. The minimum absolute atomic E-state index is 0.140. The molecule has 4 bridgehead atoms. The van der Waals surface area contributed by atoms with Gasteiger partial charge in [-0.25, -0.2) is 9.97 Å². The van der Waals surface area contributed by atoms with Gasteiger partial charge in [0.05, 0.1) is 11.4 Å². The number of H-pyrrole nitrogens is 1. The molecule has 2 atom stereocenters. The standard InChI is InChI=1S/C28H28N6O4/c1-17-2-5-19-12-24(17)37-15-25(35)30-13-18-3-6-20(7-4-18)38-23-9-11-34(14-22(23)33-28(19)36)27-21-8-10-29-26(21)31-16-32-27/h2-8,10,12,16,22-23H,9,11,13-15H2,1H3,(H,30,35)(H,33,36)(H,29,31,32)/t22-,23-/m0/s1. The summed E-state index contributed by atoms with van der Waals surface area (Å²) in [5.41, 5.74) is 3.01. The zero-order valence-corrected chi connectivity index (χ0v) is 20.9. The van der Waals surface area contributed by atoms with Crippen molar-refractivity contribution >= 4 is 28.7 Å². The molecule has 3 aliphatic heterocycles. The Labute approximate surface area is 219 Å². The number of nitrogens with zero attached hydrogens (tertiary/aromatic N) is 3. The number of aryl methyl sites for hydroxylation is 1. The van der Waals surface area contributed by atoms with Crippen LogP contribution in [0.1, 0.15) is 27.9 Å². The van der Waals surface area contributed by atoms with E-state index in [1.165, 1.54) is 0 Å². The minimum atomic E-state index is -0.315. The molecule has 3 aliphatic rings. The highest BCUT2D eigenvalue weighted by Crippen LogP contribution is 2.28. The van der Waals surface area contributed by atoms with Crippen molar-refractivity contribution in [2.24, 2.45) is 0 Å². The van der Waals surface area contributed by atoms with E-state index in [0.717, 1.165) is 28.0 Å². The van der Waals surface area contributed by atoms with Crippen LogP contribution in [0.5, 0.6) is 11.5 Å². The largest absolute Gasteiger partial charge is 0.488 e. The lowest BCUT2D eigenvalue weighted by Gasteiger charge is -2.39. The van der Waals surface area contributed by atoms with E-state index < -0.39 is 0 Å². The number of fused-ring (bicyclic) bond motifs is 8. The highest BCUT2D eigenvalue weighted by atomic mass is 16.5. The highest BCUT2D eigenvalue weighted by Gasteiger charge is 2.34. The summed E-state index contributed by atoms with van der Waals surface area (Å²) in [7, 11) is 0. The second kappa shape index (κ2) is 10.0. The van der Waals surface area contributed by atoms with Crippen molar-refractivity contribution in [2.75, 3.05) is 24.6 Å². The fourth-order valence-corrected chi connectivity index (χ4v) is 4.92. The number of amides is 2. The molecule has 0 aliphatic carbocycles. The first-order chi connectivity index (χ1) is 18.5. The lowest BCUT2D eigenvalue weighted by molar-refractivity contribution is -0.123. The molecule has 2 aromatic heterocycles. The minimum Gasteiger partial charge on any atom is -0.488 e. The predicted octanol–water partition coefficient (Wildman–Crippen LogP) is 2.73. The maximum absolute atomic E-state index is 13.4. The van der Waals surface area contributed by atoms with Crippen LogP contribution in [0.2, 0.25) is 0 Å². The quantitative estimate of drug-likeness (QED) is 0.359. The molecule has 2 amide bonds. The van der Waals surface area contributed by atoms with Gasteiger partial charge in [0.25, 0.3) is 11.8 Å². The summed E-state index contributed by atoms with van der Waals surface area (Å²) >= 11 is 0. The average molecular weight is 513 g/mol. The van der Waals surface area contributed by atoms with Crippen LogP contribution in [0.3, 0.4) is 0 Å². The van der Waals surface area contributed by atoms with Crippen molar-refractivity contribution in [3.63, 3.8) is 0 Å². The van der Waals surface area contributed by atoms with Crippen LogP contribution < -0.4 is 25.0 Å². The van der Waals surface area contributed by atoms with E-state index in [2.05, 4.69) is 30.5 Å². The number of piperidine rings is 1. The second-order valence-corrected chi connectivity index (χ2v) is 9.60. The zero-order valence-electron chi connectivity index (χ0n) is 20.9. The maximum Gasteiger partial charge on any atom is 0.258 e. The van der Waals surface area contributed by atoms with Crippen molar-refractivity contribution in [1.82, 2.24) is 25.6 Å². The highest BCUT2D eigenvalue weighted by molar-refractivity contribution is 5.95. The van der Waals surface area contributed by atoms with E-state index in [0.29, 0.717) is 43.1 Å². The van der Waals surface area contributed by atoms with Gasteiger partial charge in [-0.1, -0.05) is 18.2 Å². The Bertz CT molecular complexity index is 1480. The summed E-state index contributed by atoms with van der Waals surface area (Å²) in [6.45, 7) is 3.35. The number of hydrogen-bond donors (Lipinski definition) is 3. The van der Waals surface area contributed by atoms with Crippen LogP contribution in [0.25, 0.3) is 11.0 Å². The van der Waals surface area contributed by atoms with Crippen molar-refractivity contribution < 1.29 is 19.1 Å². The summed E-state index contributed by atoms with van der Waals surface area (Å²) in [5.74, 6) is 1.54. The number of carbonyl (C=O) groups is 2. The number of ether oxygens (including phenoxy) is 2. The Morgan fingerprint density at radius 3 is 2.79 bits per heavy atom. The van der Waals surface area contributed by atoms with Gasteiger partial charge in [0, 0.05) is 37.8 Å². The summed E-state index contributed by atoms with van der Waals surface area (Å²) in [5, 5.41) is 6.99. The zero-order chi connectivity index (χ0) is 26.1. The van der Waals surface area contributed by atoms with E-state index >= 15 is 0 Å². The smallest absolute Gasteiger partial charge is 0.258 e. The molecule has 10 heteroatoms. The first-order valence-electron chi connectivity index (χ1n) is 12.6. The maximum atomic E-state index is 13.4. The van der Waals surface area contributed by atoms with Crippen LogP contribution in [0, 0.1) is 6.92 Å². The molecule has 0 unspecified atom stereocenters. The number of anilines is 1. The molecule has 2 aromatic carbocycles. The van der Waals surface area contributed by atoms with Gasteiger partial charge in [-0.3, -0.25) is 9.59 Å². The summed E-state index contributed by atoms with van der Waals surface area (Å²) < 4.78 is 12.2. The van der Waals surface area contributed by atoms with E-state index in [-0.39, 0.29) is 30.6 Å². The van der Waals surface area contributed by atoms with Gasteiger partial charge in [-0.15, -0.1) is 0 Å². The first kappa shape index (κ1) is 23.8. The van der Waals surface area contributed by atoms with E-state index in [9.17, 15) is 9.59 Å². The van der Waals surface area contributed by atoms with Gasteiger partial charge < -0.3 is 30.0 Å². The molecule has 0 saturated carbocycles. The summed E-state index contributed by atoms with van der Waals surface area (Å²) in [4.78, 5) is 39.9. The Kier molecular flexibility index (Phi) is 6.28. The number of carbonyl (C=O) groups excluding carboxylic acids is 2. The van der Waals surface area contributed by atoms with Gasteiger partial charge >= 0.3 is 0 Å². The molecule has 7 rings (SSSR count). The molecule has 3 N–H and O–H groups in total. The van der Waals surface area contributed by atoms with Crippen molar-refractivity contribution in [2.45, 2.75) is 32.0 Å². The summed E-state index contributed by atoms with van der Waals surface area (Å²) in [6.07, 6.45) is 3.83. The molecule has 10 nitrogen and oxygen atoms in total. The fourth-order valence-electron chi connectivity index (χ4n) is 4.92. The molecular formula is C28H28N6O4. The lowest BCUT2D eigenvalue weighted by Crippen LogP contribution is -2.57. The number of benzene rings is 2. The van der Waals surface area contributed by atoms with Crippen LogP contribution in [0.4, 0.5) is 5.82 Å². The monoisotopic (exact) mass is 512 g/mol. The van der Waals surface area contributed by atoms with Gasteiger partial charge in [-0.05, 0) is 48.4 Å². The third-order valence-corrected chi connectivity index (χ3v) is 7.01. The molecule has 0 spiro atoms. The normalized spacial score (nSPS) is 20.1. The first-order valence-corrected chi connectivity index (χ1v) is 12.6. The molecule has 194 valence electrons. The van der Waals surface area contributed by atoms with Crippen LogP contribution >= 0.6 is 0 Å². The molecule has 1 fully saturated rings. The number of aromatic amines is 1. The van der Waals surface area contributed by atoms with Crippen molar-refractivity contribution in [3.05, 3.63) is 77.7 Å². The number of hydrogen-bond acceptors (Lipinski definition) is 7. The van der Waals surface area contributed by atoms with Crippen LogP contribution in [-0.4, -0.2) is 58.6 Å². The van der Waals surface area contributed by atoms with Crippen LogP contribution in [0.15, 0.2) is 61.1 Å². The Morgan fingerprint density at radius 2 is 1.92 bits per heavy atom. The van der Waals surface area contributed by atoms with E-state index in [1.807, 2.05) is 49.5 Å². The molecule has 0 radical (unpaired) electrons. The average Bonchev–Trinajstić information content (AvgIpc) is 3.42. The Morgan fingerprint density at radius 1 is 1.05 bits per heavy atom. The molecule has 5 heterocycles. The third-order valence-electron chi connectivity index (χ3n) is 7.01. The SMILES string of the molecule is Cc1ccc2cc1OCC(=O)NCc1ccc(cc1)O[C@H]1CCN(c3ncnc4[nH]ccc34)C[C@@H]1NC2=O.